The maximum absolute atomic E-state index is 3.27. The van der Waals surface area contributed by atoms with Crippen molar-refractivity contribution in [2.75, 3.05) is 33.2 Å². The fourth-order valence-corrected chi connectivity index (χ4v) is 3.26. The van der Waals surface area contributed by atoms with Gasteiger partial charge in [-0.15, -0.1) is 0 Å². The highest BCUT2D eigenvalue weighted by Gasteiger charge is 2.34. The van der Waals surface area contributed by atoms with E-state index < -0.39 is 0 Å². The Kier molecular flexibility index (Phi) is 4.26. The molecular weight excluding hydrogens is 196 g/mol. The molecule has 1 aliphatic carbocycles. The van der Waals surface area contributed by atoms with Gasteiger partial charge in [-0.1, -0.05) is 13.3 Å². The molecule has 2 heteroatoms. The number of hydrogen-bond acceptors (Lipinski definition) is 2. The van der Waals surface area contributed by atoms with Crippen LogP contribution in [0.25, 0.3) is 0 Å². The highest BCUT2D eigenvalue weighted by molar-refractivity contribution is 4.87. The van der Waals surface area contributed by atoms with Gasteiger partial charge in [-0.05, 0) is 70.1 Å². The predicted molar refractivity (Wildman–Crippen MR) is 69.7 cm³/mol. The largest absolute Gasteiger partial charge is 0.320 e. The van der Waals surface area contributed by atoms with Crippen molar-refractivity contribution in [3.8, 4) is 0 Å². The van der Waals surface area contributed by atoms with Gasteiger partial charge in [-0.25, -0.2) is 0 Å². The molecule has 0 bridgehead atoms. The zero-order valence-corrected chi connectivity index (χ0v) is 11.1. The second-order valence-electron chi connectivity index (χ2n) is 6.28. The lowest BCUT2D eigenvalue weighted by Crippen LogP contribution is -2.44. The van der Waals surface area contributed by atoms with Crippen LogP contribution in [-0.4, -0.2) is 38.1 Å². The zero-order chi connectivity index (χ0) is 11.4. The summed E-state index contributed by atoms with van der Waals surface area (Å²) in [5, 5.41) is 3.27. The van der Waals surface area contributed by atoms with E-state index in [0.717, 1.165) is 5.92 Å². The summed E-state index contributed by atoms with van der Waals surface area (Å²) < 4.78 is 0. The minimum atomic E-state index is 0.678. The molecule has 1 aliphatic heterocycles. The first kappa shape index (κ1) is 12.4. The van der Waals surface area contributed by atoms with E-state index in [4.69, 9.17) is 0 Å². The Morgan fingerprint density at radius 2 is 1.94 bits per heavy atom. The third-order valence-electron chi connectivity index (χ3n) is 4.68. The van der Waals surface area contributed by atoms with Crippen molar-refractivity contribution in [2.45, 2.75) is 45.4 Å². The van der Waals surface area contributed by atoms with Crippen LogP contribution in [0.2, 0.25) is 0 Å². The maximum atomic E-state index is 3.27. The Morgan fingerprint density at radius 3 is 2.44 bits per heavy atom. The number of likely N-dealkylation sites (tertiary alicyclic amines) is 1. The van der Waals surface area contributed by atoms with Gasteiger partial charge in [0.2, 0.25) is 0 Å². The van der Waals surface area contributed by atoms with E-state index in [-0.39, 0.29) is 0 Å². The van der Waals surface area contributed by atoms with E-state index >= 15 is 0 Å². The SMILES string of the molecule is CNCCC1CCN(CC2(C)CCC2)CC1. The van der Waals surface area contributed by atoms with Crippen molar-refractivity contribution in [3.63, 3.8) is 0 Å². The van der Waals surface area contributed by atoms with Gasteiger partial charge in [-0.3, -0.25) is 0 Å². The number of nitrogens with zero attached hydrogens (tertiary/aromatic N) is 1. The average Bonchev–Trinajstić information content (AvgIpc) is 2.26. The molecule has 1 saturated carbocycles. The van der Waals surface area contributed by atoms with Crippen LogP contribution in [0.1, 0.15) is 45.4 Å². The van der Waals surface area contributed by atoms with E-state index in [1.54, 1.807) is 0 Å². The third kappa shape index (κ3) is 3.21. The molecule has 0 radical (unpaired) electrons. The molecule has 0 aromatic rings. The van der Waals surface area contributed by atoms with E-state index in [9.17, 15) is 0 Å². The smallest absolute Gasteiger partial charge is 0.00353 e. The van der Waals surface area contributed by atoms with Gasteiger partial charge < -0.3 is 10.2 Å². The molecule has 2 fully saturated rings. The summed E-state index contributed by atoms with van der Waals surface area (Å²) >= 11 is 0. The Bertz CT molecular complexity index is 203. The highest BCUT2D eigenvalue weighted by atomic mass is 15.1. The van der Waals surface area contributed by atoms with Gasteiger partial charge in [-0.2, -0.15) is 0 Å². The van der Waals surface area contributed by atoms with Gasteiger partial charge in [0.25, 0.3) is 0 Å². The van der Waals surface area contributed by atoms with E-state index in [2.05, 4.69) is 24.2 Å². The molecule has 16 heavy (non-hydrogen) atoms. The highest BCUT2D eigenvalue weighted by Crippen LogP contribution is 2.41. The Labute approximate surface area is 101 Å². The lowest BCUT2D eigenvalue weighted by molar-refractivity contribution is 0.0629. The summed E-state index contributed by atoms with van der Waals surface area (Å²) in [6, 6.07) is 0. The summed E-state index contributed by atoms with van der Waals surface area (Å²) in [6.07, 6.45) is 8.63. The lowest BCUT2D eigenvalue weighted by Gasteiger charge is -2.44. The topological polar surface area (TPSA) is 15.3 Å². The predicted octanol–water partition coefficient (Wildman–Crippen LogP) is 2.50. The van der Waals surface area contributed by atoms with Gasteiger partial charge in [0.15, 0.2) is 0 Å². The summed E-state index contributed by atoms with van der Waals surface area (Å²) in [7, 11) is 2.06. The fraction of sp³-hybridized carbons (Fsp3) is 1.00. The van der Waals surface area contributed by atoms with Crippen molar-refractivity contribution < 1.29 is 0 Å². The first-order valence-corrected chi connectivity index (χ1v) is 7.09. The summed E-state index contributed by atoms with van der Waals surface area (Å²) in [5.41, 5.74) is 0.678. The van der Waals surface area contributed by atoms with Crippen LogP contribution in [0, 0.1) is 11.3 Å². The molecule has 0 spiro atoms. The van der Waals surface area contributed by atoms with Crippen LogP contribution in [0.5, 0.6) is 0 Å². The van der Waals surface area contributed by atoms with Crippen LogP contribution in [0.3, 0.4) is 0 Å². The fourth-order valence-electron chi connectivity index (χ4n) is 3.26. The molecule has 2 nitrogen and oxygen atoms in total. The number of piperidine rings is 1. The quantitative estimate of drug-likeness (QED) is 0.772. The maximum Gasteiger partial charge on any atom is 0.00353 e. The Morgan fingerprint density at radius 1 is 1.25 bits per heavy atom. The molecule has 0 atom stereocenters. The molecule has 0 unspecified atom stereocenters. The Balaban J connectivity index is 1.65. The number of hydrogen-bond donors (Lipinski definition) is 1. The molecule has 0 aromatic carbocycles. The first-order valence-electron chi connectivity index (χ1n) is 7.09. The molecule has 1 saturated heterocycles. The van der Waals surface area contributed by atoms with Crippen LogP contribution in [-0.2, 0) is 0 Å². The molecule has 2 aliphatic rings. The molecule has 2 rings (SSSR count). The van der Waals surface area contributed by atoms with Crippen LogP contribution < -0.4 is 5.32 Å². The van der Waals surface area contributed by atoms with Crippen molar-refractivity contribution in [3.05, 3.63) is 0 Å². The van der Waals surface area contributed by atoms with E-state index in [1.807, 2.05) is 0 Å². The molecule has 0 amide bonds. The number of rotatable bonds is 5. The van der Waals surface area contributed by atoms with Crippen LogP contribution >= 0.6 is 0 Å². The lowest BCUT2D eigenvalue weighted by atomic mass is 9.70. The zero-order valence-electron chi connectivity index (χ0n) is 11.1. The average molecular weight is 224 g/mol. The monoisotopic (exact) mass is 224 g/mol. The van der Waals surface area contributed by atoms with Crippen molar-refractivity contribution in [2.24, 2.45) is 11.3 Å². The summed E-state index contributed by atoms with van der Waals surface area (Å²) in [4.78, 5) is 2.72. The molecule has 94 valence electrons. The van der Waals surface area contributed by atoms with Gasteiger partial charge in [0.1, 0.15) is 0 Å². The van der Waals surface area contributed by atoms with Gasteiger partial charge in [0, 0.05) is 6.54 Å². The summed E-state index contributed by atoms with van der Waals surface area (Å²) in [6.45, 7) is 7.74. The minimum absolute atomic E-state index is 0.678. The first-order chi connectivity index (χ1) is 7.72. The van der Waals surface area contributed by atoms with Crippen LogP contribution in [0.15, 0.2) is 0 Å². The molecule has 1 N–H and O–H groups in total. The van der Waals surface area contributed by atoms with E-state index in [0.29, 0.717) is 5.41 Å². The second-order valence-corrected chi connectivity index (χ2v) is 6.28. The van der Waals surface area contributed by atoms with Crippen molar-refractivity contribution in [1.29, 1.82) is 0 Å². The third-order valence-corrected chi connectivity index (χ3v) is 4.68. The van der Waals surface area contributed by atoms with Gasteiger partial charge in [0.05, 0.1) is 0 Å². The molecular formula is C14H28N2. The standard InChI is InChI=1S/C14H28N2/c1-14(7-3-8-14)12-16-10-5-13(6-11-16)4-9-15-2/h13,15H,3-12H2,1-2H3. The van der Waals surface area contributed by atoms with Crippen molar-refractivity contribution in [1.82, 2.24) is 10.2 Å². The normalized spacial score (nSPS) is 26.6. The van der Waals surface area contributed by atoms with Crippen molar-refractivity contribution >= 4 is 0 Å². The van der Waals surface area contributed by atoms with Crippen LogP contribution in [0.4, 0.5) is 0 Å². The Hall–Kier alpha value is -0.0800. The minimum Gasteiger partial charge on any atom is -0.320 e. The second kappa shape index (κ2) is 5.50. The number of nitrogens with one attached hydrogen (secondary N) is 1. The molecule has 0 aromatic heterocycles. The van der Waals surface area contributed by atoms with E-state index in [1.165, 1.54) is 64.7 Å². The summed E-state index contributed by atoms with van der Waals surface area (Å²) in [5.74, 6) is 0.984. The van der Waals surface area contributed by atoms with Gasteiger partial charge >= 0.3 is 0 Å². The molecule has 1 heterocycles.